The zero-order valence-corrected chi connectivity index (χ0v) is 44.8. The van der Waals surface area contributed by atoms with E-state index in [-0.39, 0.29) is 39.5 Å². The van der Waals surface area contributed by atoms with Crippen LogP contribution in [0.25, 0.3) is 43.5 Å². The van der Waals surface area contributed by atoms with Crippen molar-refractivity contribution < 1.29 is 19.2 Å². The van der Waals surface area contributed by atoms with Gasteiger partial charge in [-0.3, -0.25) is 42.9 Å². The number of piperidine rings is 2. The number of nitrogens with zero attached hydrogens (tertiary/aromatic N) is 15. The molecule has 0 radical (unpaired) electrons. The molecule has 0 spiro atoms. The van der Waals surface area contributed by atoms with Crippen LogP contribution in [0.2, 0.25) is 0 Å². The Bertz CT molecular complexity index is 3840. The summed E-state index contributed by atoms with van der Waals surface area (Å²) in [4.78, 5) is 138. The molecule has 4 aliphatic rings. The Labute approximate surface area is 450 Å². The second-order valence-electron chi connectivity index (χ2n) is 19.0. The van der Waals surface area contributed by atoms with E-state index in [0.717, 1.165) is 82.0 Å². The lowest BCUT2D eigenvalue weighted by molar-refractivity contribution is -0.119. The number of rotatable bonds is 13. The number of hydrogen-bond acceptors (Lipinski definition) is 20. The van der Waals surface area contributed by atoms with E-state index in [2.05, 4.69) is 87.0 Å². The topological polar surface area (TPSA) is 363 Å². The number of hydrogen-bond donors (Lipinski definition) is 5. The minimum Gasteiger partial charge on any atom is -0.369 e. The lowest BCUT2D eigenvalue weighted by atomic mass is 10.3. The molecule has 2 saturated carbocycles. The number of aromatic nitrogens is 14. The highest BCUT2D eigenvalue weighted by Gasteiger charge is 2.46. The summed E-state index contributed by atoms with van der Waals surface area (Å²) in [5, 5.41) is 10.6. The van der Waals surface area contributed by atoms with E-state index < -0.39 is 52.9 Å². The lowest BCUT2D eigenvalue weighted by Gasteiger charge is -2.17. The molecule has 0 aromatic carbocycles. The van der Waals surface area contributed by atoms with Crippen LogP contribution >= 0.6 is 38.6 Å². The Kier molecular flexibility index (Phi) is 14.2. The first-order chi connectivity index (χ1) is 36.9. The highest BCUT2D eigenvalue weighted by atomic mass is 79.9. The molecule has 0 bridgehead atoms. The molecule has 2 saturated heterocycles. The number of anilines is 4. The van der Waals surface area contributed by atoms with Gasteiger partial charge in [0, 0.05) is 86.9 Å². The Morgan fingerprint density at radius 1 is 0.675 bits per heavy atom. The van der Waals surface area contributed by atoms with Crippen LogP contribution in [0, 0.1) is 23.7 Å². The van der Waals surface area contributed by atoms with Crippen LogP contribution in [0.3, 0.4) is 0 Å². The van der Waals surface area contributed by atoms with Crippen LogP contribution < -0.4 is 54.4 Å². The van der Waals surface area contributed by atoms with Crippen molar-refractivity contribution in [3.8, 4) is 21.1 Å². The molecule has 2 aliphatic heterocycles. The van der Waals surface area contributed by atoms with E-state index in [4.69, 9.17) is 5.73 Å². The van der Waals surface area contributed by atoms with Crippen molar-refractivity contribution in [2.75, 3.05) is 51.9 Å². The van der Waals surface area contributed by atoms with E-state index in [0.29, 0.717) is 21.7 Å². The maximum Gasteiger partial charge on any atom is 0.332 e. The highest BCUT2D eigenvalue weighted by Crippen LogP contribution is 2.46. The smallest absolute Gasteiger partial charge is 0.332 e. The number of fused-ring (bicyclic) bond motifs is 4. The Morgan fingerprint density at radius 3 is 1.53 bits per heavy atom. The third kappa shape index (κ3) is 10.6. The number of amides is 4. The van der Waals surface area contributed by atoms with Gasteiger partial charge in [0.2, 0.25) is 35.5 Å². The van der Waals surface area contributed by atoms with Crippen LogP contribution in [0.15, 0.2) is 67.4 Å². The third-order valence-corrected chi connectivity index (χ3v) is 16.1. The second kappa shape index (κ2) is 21.0. The van der Waals surface area contributed by atoms with Gasteiger partial charge in [-0.25, -0.2) is 54.0 Å². The molecular formula is C46H49BrN20O8S2. The summed E-state index contributed by atoms with van der Waals surface area (Å²) in [6, 6.07) is -1.64. The van der Waals surface area contributed by atoms with E-state index in [9.17, 15) is 38.4 Å². The quantitative estimate of drug-likeness (QED) is 0.0997. The second-order valence-corrected chi connectivity index (χ2v) is 21.3. The van der Waals surface area contributed by atoms with Crippen LogP contribution in [-0.4, -0.2) is 123 Å². The summed E-state index contributed by atoms with van der Waals surface area (Å²) in [5.41, 5.74) is 9.12. The van der Waals surface area contributed by atoms with Crippen molar-refractivity contribution in [2.45, 2.75) is 45.3 Å². The van der Waals surface area contributed by atoms with Gasteiger partial charge in [-0.15, -0.1) is 22.7 Å². The molecule has 8 aromatic heterocycles. The van der Waals surface area contributed by atoms with Gasteiger partial charge in [0.05, 0.1) is 18.0 Å². The van der Waals surface area contributed by atoms with Gasteiger partial charge >= 0.3 is 11.4 Å². The Hall–Kier alpha value is -8.32. The highest BCUT2D eigenvalue weighted by molar-refractivity contribution is 9.09. The fourth-order valence-electron chi connectivity index (χ4n) is 9.28. The van der Waals surface area contributed by atoms with Crippen LogP contribution in [0.5, 0.6) is 0 Å². The molecule has 28 nitrogen and oxygen atoms in total. The summed E-state index contributed by atoms with van der Waals surface area (Å²) in [5.74, 6) is 3.40. The predicted molar refractivity (Wildman–Crippen MR) is 288 cm³/mol. The number of nitrogens with two attached hydrogens (primary N) is 2. The number of thiazole rings is 2. The number of primary amides is 2. The van der Waals surface area contributed by atoms with Crippen LogP contribution in [-0.2, 0) is 39.8 Å². The summed E-state index contributed by atoms with van der Waals surface area (Å²) in [6.45, 7) is 6.73. The minimum absolute atomic E-state index is 0.00232. The molecule has 31 heteroatoms. The molecule has 6 atom stereocenters. The maximum atomic E-state index is 13.1. The molecule has 400 valence electrons. The van der Waals surface area contributed by atoms with Crippen molar-refractivity contribution in [3.63, 3.8) is 0 Å². The number of halogens is 1. The normalized spacial score (nSPS) is 18.6. The van der Waals surface area contributed by atoms with Crippen LogP contribution in [0.1, 0.15) is 38.8 Å². The average Bonchev–Trinajstić information content (AvgIpc) is 3.93. The van der Waals surface area contributed by atoms with Gasteiger partial charge in [-0.1, -0.05) is 15.9 Å². The number of nitrogens with one attached hydrogen (secondary N) is 3. The van der Waals surface area contributed by atoms with E-state index in [1.54, 1.807) is 49.4 Å². The maximum absolute atomic E-state index is 13.1. The standard InChI is InChI=1S/C23H24N10O4S.C21H21N9O3S.C2H4BrNO/c1-11(33-10-27-18-17(33)21(36)32(8-15(24)34)23(37)30(18)2)19(35)28-16-9-38-20(29-16)14-4-25-22(26-5-14)31-6-12-3-13(12)7-31;1-10(30-9-24-16-15(30)18(32)27-21(33)28(16)2)17(31)25-14-8-34-19(26-14)13-4-22-20(23-5-13)29-6-11-3-12(11)7-29;3-1-2(4)5/h4-5,9-13H,3,6-8H2,1-2H3,(H2,24,34)(H,28,35);4-5,8-12H,3,6-7H2,1-2H3,(H,25,31)(H,27,32,33);1H2,(H2,4,5)/t11-,12?,13?;10-,11?,12?;/m00./s1. The van der Waals surface area contributed by atoms with E-state index in [1.807, 2.05) is 0 Å². The van der Waals surface area contributed by atoms with E-state index >= 15 is 0 Å². The fraction of sp³-hybridized carbons (Fsp3) is 0.391. The molecule has 4 unspecified atom stereocenters. The predicted octanol–water partition coefficient (Wildman–Crippen LogP) is 0.811. The van der Waals surface area contributed by atoms with Gasteiger partial charge in [0.1, 0.15) is 40.3 Å². The molecule has 12 rings (SSSR count). The zero-order chi connectivity index (χ0) is 54.6. The van der Waals surface area contributed by atoms with Gasteiger partial charge in [0.15, 0.2) is 22.3 Å². The summed E-state index contributed by atoms with van der Waals surface area (Å²) in [7, 11) is 2.92. The molecule has 8 aromatic rings. The van der Waals surface area contributed by atoms with Gasteiger partial charge in [-0.05, 0) is 50.4 Å². The molecule has 7 N–H and O–H groups in total. The first-order valence-electron chi connectivity index (χ1n) is 24.0. The number of imidazole rings is 2. The van der Waals surface area contributed by atoms with Gasteiger partial charge in [-0.2, -0.15) is 0 Å². The number of alkyl halides is 1. The van der Waals surface area contributed by atoms with Gasteiger partial charge < -0.3 is 41.0 Å². The molecule has 77 heavy (non-hydrogen) atoms. The molecule has 4 amide bonds. The zero-order valence-electron chi connectivity index (χ0n) is 41.6. The van der Waals surface area contributed by atoms with Crippen molar-refractivity contribution >= 4 is 108 Å². The van der Waals surface area contributed by atoms with Crippen molar-refractivity contribution in [3.05, 3.63) is 89.9 Å². The SMILES string of the molecule is C[C@@H](C(=O)Nc1csc(-c2cnc(N3CC4CC4C3)nc2)n1)n1cnc2c1c(=O)[nH]c(=O)n2C.C[C@@H](C(=O)Nc1csc(-c2cnc(N3CC4CC4C3)nc2)n1)n1cnc2c1c(=O)n(CC(N)=O)c(=O)n2C.NC(=O)CBr. The Morgan fingerprint density at radius 2 is 1.10 bits per heavy atom. The monoisotopic (exact) mass is 1150 g/mol. The summed E-state index contributed by atoms with van der Waals surface area (Å²) >= 11 is 5.56. The summed E-state index contributed by atoms with van der Waals surface area (Å²) in [6.07, 6.45) is 12.3. The molecule has 2 aliphatic carbocycles. The Balaban J connectivity index is 0.000000161. The average molecular weight is 1150 g/mol. The lowest BCUT2D eigenvalue weighted by Crippen LogP contribution is -2.42. The molecule has 10 heterocycles. The number of aromatic amines is 1. The number of H-pyrrole nitrogens is 1. The first-order valence-corrected chi connectivity index (χ1v) is 26.9. The minimum atomic E-state index is -0.883. The van der Waals surface area contributed by atoms with Crippen LogP contribution in [0.4, 0.5) is 23.5 Å². The van der Waals surface area contributed by atoms with Gasteiger partial charge in [0.25, 0.3) is 11.1 Å². The summed E-state index contributed by atoms with van der Waals surface area (Å²) < 4.78 is 5.87. The van der Waals surface area contributed by atoms with E-state index in [1.165, 1.54) is 76.0 Å². The number of carbonyl (C=O) groups is 4. The van der Waals surface area contributed by atoms with Crippen molar-refractivity contribution in [1.82, 2.24) is 67.7 Å². The fourth-order valence-corrected chi connectivity index (χ4v) is 10.7. The van der Waals surface area contributed by atoms with Crippen molar-refractivity contribution in [1.29, 1.82) is 0 Å². The molecule has 4 fully saturated rings. The number of carbonyl (C=O) groups excluding carboxylic acids is 4. The first kappa shape index (κ1) is 52.1. The largest absolute Gasteiger partial charge is 0.369 e. The van der Waals surface area contributed by atoms with Crippen molar-refractivity contribution in [2.24, 2.45) is 49.2 Å². The number of aryl methyl sites for hydroxylation is 2. The molecular weight excluding hydrogens is 1100 g/mol. The third-order valence-electron chi connectivity index (χ3n) is 13.7.